The number of hydrogen-bond acceptors (Lipinski definition) is 4. The normalized spacial score (nSPS) is 14.9. The summed E-state index contributed by atoms with van der Waals surface area (Å²) in [6, 6.07) is 13.0. The van der Waals surface area contributed by atoms with Crippen LogP contribution in [0.15, 0.2) is 42.5 Å². The second-order valence-electron chi connectivity index (χ2n) is 9.00. The van der Waals surface area contributed by atoms with E-state index in [9.17, 15) is 9.59 Å². The summed E-state index contributed by atoms with van der Waals surface area (Å²) in [5, 5.41) is 3.15. The number of carbonyl (C=O) groups excluding carboxylic acids is 2. The van der Waals surface area contributed by atoms with Gasteiger partial charge in [0.25, 0.3) is 5.91 Å². The monoisotopic (exact) mass is 452 g/mol. The van der Waals surface area contributed by atoms with Crippen LogP contribution in [0.1, 0.15) is 55.7 Å². The van der Waals surface area contributed by atoms with E-state index in [-0.39, 0.29) is 24.5 Å². The van der Waals surface area contributed by atoms with Crippen LogP contribution < -0.4 is 14.8 Å². The number of ether oxygens (including phenoxy) is 2. The first-order valence-electron chi connectivity index (χ1n) is 11.8. The fourth-order valence-electron chi connectivity index (χ4n) is 4.32. The smallest absolute Gasteiger partial charge is 0.261 e. The van der Waals surface area contributed by atoms with Gasteiger partial charge in [0, 0.05) is 12.6 Å². The van der Waals surface area contributed by atoms with Crippen molar-refractivity contribution in [3.63, 3.8) is 0 Å². The highest BCUT2D eigenvalue weighted by Gasteiger charge is 2.28. The Balaban J connectivity index is 1.72. The van der Waals surface area contributed by atoms with E-state index >= 15 is 0 Å². The van der Waals surface area contributed by atoms with E-state index in [1.165, 1.54) is 6.42 Å². The Morgan fingerprint density at radius 1 is 1.00 bits per heavy atom. The van der Waals surface area contributed by atoms with Crippen LogP contribution in [0.2, 0.25) is 0 Å². The largest absolute Gasteiger partial charge is 0.497 e. The lowest BCUT2D eigenvalue weighted by atomic mass is 9.95. The predicted octanol–water partition coefficient (Wildman–Crippen LogP) is 4.56. The second-order valence-corrected chi connectivity index (χ2v) is 9.00. The molecule has 33 heavy (non-hydrogen) atoms. The molecule has 1 atom stereocenters. The molecule has 0 bridgehead atoms. The SMILES string of the molecule is COc1ccc(CN(C(=O)COc2cc(C)cc(C)c2)C(C)C(=O)NC2CCCCC2)cc1. The van der Waals surface area contributed by atoms with Crippen LogP contribution in [0.5, 0.6) is 11.5 Å². The molecule has 1 N–H and O–H groups in total. The van der Waals surface area contributed by atoms with Crippen molar-refractivity contribution < 1.29 is 19.1 Å². The summed E-state index contributed by atoms with van der Waals surface area (Å²) in [6.07, 6.45) is 5.50. The summed E-state index contributed by atoms with van der Waals surface area (Å²) in [5.74, 6) is 1.06. The van der Waals surface area contributed by atoms with E-state index in [2.05, 4.69) is 11.4 Å². The van der Waals surface area contributed by atoms with Crippen molar-refractivity contribution in [2.45, 2.75) is 71.5 Å². The molecule has 0 radical (unpaired) electrons. The van der Waals surface area contributed by atoms with Gasteiger partial charge in [-0.3, -0.25) is 9.59 Å². The number of hydrogen-bond donors (Lipinski definition) is 1. The Morgan fingerprint density at radius 2 is 1.64 bits per heavy atom. The molecule has 178 valence electrons. The minimum Gasteiger partial charge on any atom is -0.497 e. The number of methoxy groups -OCH3 is 1. The highest BCUT2D eigenvalue weighted by atomic mass is 16.5. The Kier molecular flexibility index (Phi) is 8.75. The van der Waals surface area contributed by atoms with Crippen molar-refractivity contribution in [3.05, 3.63) is 59.2 Å². The van der Waals surface area contributed by atoms with Crippen molar-refractivity contribution in [3.8, 4) is 11.5 Å². The average molecular weight is 453 g/mol. The van der Waals surface area contributed by atoms with Gasteiger partial charge in [-0.25, -0.2) is 0 Å². The van der Waals surface area contributed by atoms with E-state index in [0.29, 0.717) is 12.3 Å². The molecular formula is C27H36N2O4. The molecule has 2 aromatic rings. The van der Waals surface area contributed by atoms with Gasteiger partial charge in [0.1, 0.15) is 17.5 Å². The van der Waals surface area contributed by atoms with E-state index in [4.69, 9.17) is 9.47 Å². The van der Waals surface area contributed by atoms with E-state index in [1.807, 2.05) is 50.2 Å². The van der Waals surface area contributed by atoms with Crippen molar-refractivity contribution in [2.24, 2.45) is 0 Å². The molecule has 6 nitrogen and oxygen atoms in total. The molecule has 2 aromatic carbocycles. The lowest BCUT2D eigenvalue weighted by Crippen LogP contribution is -2.51. The van der Waals surface area contributed by atoms with Crippen molar-refractivity contribution in [1.29, 1.82) is 0 Å². The lowest BCUT2D eigenvalue weighted by Gasteiger charge is -2.31. The summed E-state index contributed by atoms with van der Waals surface area (Å²) in [7, 11) is 1.62. The van der Waals surface area contributed by atoms with Crippen molar-refractivity contribution in [2.75, 3.05) is 13.7 Å². The van der Waals surface area contributed by atoms with Crippen LogP contribution in [0.3, 0.4) is 0 Å². The van der Waals surface area contributed by atoms with Crippen LogP contribution in [-0.2, 0) is 16.1 Å². The number of amides is 2. The molecule has 1 aliphatic rings. The zero-order valence-electron chi connectivity index (χ0n) is 20.2. The number of nitrogens with one attached hydrogen (secondary N) is 1. The highest BCUT2D eigenvalue weighted by molar-refractivity contribution is 5.88. The standard InChI is InChI=1S/C27H36N2O4/c1-19-14-20(2)16-25(15-19)33-18-26(30)29(17-22-10-12-24(32-4)13-11-22)21(3)27(31)28-23-8-6-5-7-9-23/h10-16,21,23H,5-9,17-18H2,1-4H3,(H,28,31). The summed E-state index contributed by atoms with van der Waals surface area (Å²) >= 11 is 0. The summed E-state index contributed by atoms with van der Waals surface area (Å²) in [4.78, 5) is 27.9. The first kappa shape index (κ1) is 24.6. The number of nitrogens with zero attached hydrogens (tertiary/aromatic N) is 1. The maximum atomic E-state index is 13.2. The quantitative estimate of drug-likeness (QED) is 0.606. The van der Waals surface area contributed by atoms with Gasteiger partial charge >= 0.3 is 0 Å². The first-order chi connectivity index (χ1) is 15.9. The molecular weight excluding hydrogens is 416 g/mol. The molecule has 0 aliphatic heterocycles. The third-order valence-corrected chi connectivity index (χ3v) is 6.19. The highest BCUT2D eigenvalue weighted by Crippen LogP contribution is 2.20. The molecule has 1 saturated carbocycles. The Bertz CT molecular complexity index is 915. The van der Waals surface area contributed by atoms with Crippen LogP contribution in [0.25, 0.3) is 0 Å². The third-order valence-electron chi connectivity index (χ3n) is 6.19. The van der Waals surface area contributed by atoms with Crippen LogP contribution in [0, 0.1) is 13.8 Å². The number of carbonyl (C=O) groups is 2. The molecule has 3 rings (SSSR count). The van der Waals surface area contributed by atoms with Gasteiger partial charge in [0.2, 0.25) is 5.91 Å². The average Bonchev–Trinajstić information content (AvgIpc) is 2.81. The fourth-order valence-corrected chi connectivity index (χ4v) is 4.32. The van der Waals surface area contributed by atoms with Crippen LogP contribution in [-0.4, -0.2) is 42.5 Å². The summed E-state index contributed by atoms with van der Waals surface area (Å²) in [6.45, 7) is 5.97. The van der Waals surface area contributed by atoms with Gasteiger partial charge in [-0.15, -0.1) is 0 Å². The van der Waals surface area contributed by atoms with E-state index in [0.717, 1.165) is 48.1 Å². The molecule has 0 spiro atoms. The molecule has 1 unspecified atom stereocenters. The Hall–Kier alpha value is -3.02. The van der Waals surface area contributed by atoms with Gasteiger partial charge in [-0.1, -0.05) is 37.5 Å². The summed E-state index contributed by atoms with van der Waals surface area (Å²) in [5.41, 5.74) is 3.08. The zero-order valence-corrected chi connectivity index (χ0v) is 20.2. The van der Waals surface area contributed by atoms with Crippen molar-refractivity contribution >= 4 is 11.8 Å². The predicted molar refractivity (Wildman–Crippen MR) is 129 cm³/mol. The number of rotatable bonds is 9. The molecule has 1 fully saturated rings. The minimum atomic E-state index is -0.607. The lowest BCUT2D eigenvalue weighted by molar-refractivity contribution is -0.142. The van der Waals surface area contributed by atoms with Crippen molar-refractivity contribution in [1.82, 2.24) is 10.2 Å². The van der Waals surface area contributed by atoms with Gasteiger partial charge in [0.15, 0.2) is 6.61 Å². The second kappa shape index (κ2) is 11.7. The van der Waals surface area contributed by atoms with Gasteiger partial charge in [-0.2, -0.15) is 0 Å². The van der Waals surface area contributed by atoms with Gasteiger partial charge in [0.05, 0.1) is 7.11 Å². The summed E-state index contributed by atoms with van der Waals surface area (Å²) < 4.78 is 11.1. The molecule has 2 amide bonds. The topological polar surface area (TPSA) is 67.9 Å². The maximum absolute atomic E-state index is 13.2. The molecule has 0 aromatic heterocycles. The molecule has 0 heterocycles. The third kappa shape index (κ3) is 7.24. The van der Waals surface area contributed by atoms with Crippen LogP contribution >= 0.6 is 0 Å². The molecule has 1 aliphatic carbocycles. The van der Waals surface area contributed by atoms with Gasteiger partial charge in [-0.05, 0) is 74.6 Å². The van der Waals surface area contributed by atoms with E-state index < -0.39 is 6.04 Å². The first-order valence-corrected chi connectivity index (χ1v) is 11.8. The van der Waals surface area contributed by atoms with Gasteiger partial charge < -0.3 is 19.7 Å². The Labute approximate surface area is 197 Å². The molecule has 6 heteroatoms. The minimum absolute atomic E-state index is 0.116. The fraction of sp³-hybridized carbons (Fsp3) is 0.481. The Morgan fingerprint density at radius 3 is 2.24 bits per heavy atom. The van der Waals surface area contributed by atoms with E-state index in [1.54, 1.807) is 18.9 Å². The number of benzene rings is 2. The van der Waals surface area contributed by atoms with Crippen LogP contribution in [0.4, 0.5) is 0 Å². The molecule has 0 saturated heterocycles. The number of aryl methyl sites for hydroxylation is 2. The maximum Gasteiger partial charge on any atom is 0.261 e. The zero-order chi connectivity index (χ0) is 23.8.